The van der Waals surface area contributed by atoms with Crippen LogP contribution in [0.1, 0.15) is 35.7 Å². The summed E-state index contributed by atoms with van der Waals surface area (Å²) in [5.74, 6) is 8.27. The second kappa shape index (κ2) is 5.09. The Morgan fingerprint density at radius 1 is 1.10 bits per heavy atom. The molecule has 0 radical (unpaired) electrons. The fraction of sp³-hybridized carbons (Fsp3) is 0.333. The molecule has 1 fully saturated rings. The van der Waals surface area contributed by atoms with E-state index < -0.39 is 0 Å². The number of aromatic nitrogens is 2. The lowest BCUT2D eigenvalue weighted by atomic mass is 10.1. The van der Waals surface area contributed by atoms with Gasteiger partial charge in [-0.05, 0) is 38.3 Å². The smallest absolute Gasteiger partial charge is 0.145 e. The number of nitrogen functional groups attached to an aromatic ring is 1. The third kappa shape index (κ3) is 2.72. The van der Waals surface area contributed by atoms with E-state index in [1.807, 2.05) is 6.07 Å². The van der Waals surface area contributed by atoms with Crippen LogP contribution in [0.25, 0.3) is 0 Å². The van der Waals surface area contributed by atoms with Gasteiger partial charge in [0.15, 0.2) is 0 Å². The molecule has 0 bridgehead atoms. The van der Waals surface area contributed by atoms with Gasteiger partial charge in [-0.15, -0.1) is 0 Å². The summed E-state index contributed by atoms with van der Waals surface area (Å²) in [6, 6.07) is 8.12. The van der Waals surface area contributed by atoms with Gasteiger partial charge in [-0.25, -0.2) is 15.8 Å². The van der Waals surface area contributed by atoms with Crippen LogP contribution in [0, 0.1) is 13.8 Å². The molecule has 1 aromatic carbocycles. The zero-order valence-electron chi connectivity index (χ0n) is 11.8. The molecular weight excluding hydrogens is 250 g/mol. The van der Waals surface area contributed by atoms with Crippen LogP contribution >= 0.6 is 0 Å². The molecule has 2 aromatic rings. The van der Waals surface area contributed by atoms with Crippen LogP contribution in [0.15, 0.2) is 24.3 Å². The van der Waals surface area contributed by atoms with E-state index in [1.165, 1.54) is 11.1 Å². The predicted octanol–water partition coefficient (Wildman–Crippen LogP) is 3.00. The third-order valence-corrected chi connectivity index (χ3v) is 3.48. The number of hydrogen-bond acceptors (Lipinski definition) is 5. The molecule has 104 valence electrons. The molecule has 5 nitrogen and oxygen atoms in total. The van der Waals surface area contributed by atoms with E-state index in [0.717, 1.165) is 30.2 Å². The maximum Gasteiger partial charge on any atom is 0.145 e. The lowest BCUT2D eigenvalue weighted by molar-refractivity contribution is 0.929. The van der Waals surface area contributed by atoms with Gasteiger partial charge in [-0.3, -0.25) is 0 Å². The average molecular weight is 269 g/mol. The van der Waals surface area contributed by atoms with Crippen molar-refractivity contribution in [2.45, 2.75) is 32.6 Å². The minimum absolute atomic E-state index is 0.489. The molecule has 5 heteroatoms. The number of benzene rings is 1. The largest absolute Gasteiger partial charge is 0.340 e. The monoisotopic (exact) mass is 269 g/mol. The standard InChI is InChI=1S/C15H19N5/c1-9-3-6-12(10(2)7-9)17-13-8-14(20-16)19-15(18-13)11-4-5-11/h3,6-8,11H,4-5,16H2,1-2H3,(H2,17,18,19,20). The molecule has 0 unspecified atom stereocenters. The van der Waals surface area contributed by atoms with E-state index in [2.05, 4.69) is 52.8 Å². The summed E-state index contributed by atoms with van der Waals surface area (Å²) in [5.41, 5.74) is 6.11. The van der Waals surface area contributed by atoms with Crippen molar-refractivity contribution < 1.29 is 0 Å². The van der Waals surface area contributed by atoms with E-state index in [1.54, 1.807) is 0 Å². The Hall–Kier alpha value is -2.14. The Labute approximate surface area is 118 Å². The summed E-state index contributed by atoms with van der Waals surface area (Å²) in [5, 5.41) is 3.35. The molecule has 3 rings (SSSR count). The van der Waals surface area contributed by atoms with E-state index in [9.17, 15) is 0 Å². The van der Waals surface area contributed by atoms with Gasteiger partial charge < -0.3 is 10.7 Å². The molecule has 1 aliphatic rings. The summed E-state index contributed by atoms with van der Waals surface area (Å²) in [4.78, 5) is 8.99. The number of aryl methyl sites for hydroxylation is 2. The topological polar surface area (TPSA) is 75.9 Å². The molecular formula is C15H19N5. The van der Waals surface area contributed by atoms with Crippen molar-refractivity contribution in [2.24, 2.45) is 5.84 Å². The molecule has 1 aliphatic carbocycles. The molecule has 4 N–H and O–H groups in total. The summed E-state index contributed by atoms with van der Waals surface area (Å²) < 4.78 is 0. The van der Waals surface area contributed by atoms with Crippen molar-refractivity contribution in [1.29, 1.82) is 0 Å². The number of rotatable bonds is 4. The van der Waals surface area contributed by atoms with Crippen LogP contribution in [0.2, 0.25) is 0 Å². The zero-order chi connectivity index (χ0) is 14.1. The summed E-state index contributed by atoms with van der Waals surface area (Å²) in [6.45, 7) is 4.17. The Morgan fingerprint density at radius 2 is 1.85 bits per heavy atom. The lowest BCUT2D eigenvalue weighted by Gasteiger charge is -2.12. The van der Waals surface area contributed by atoms with Crippen molar-refractivity contribution >= 4 is 17.3 Å². The maximum atomic E-state index is 5.48. The first-order chi connectivity index (χ1) is 9.65. The van der Waals surface area contributed by atoms with Crippen molar-refractivity contribution in [2.75, 3.05) is 10.7 Å². The second-order valence-electron chi connectivity index (χ2n) is 5.36. The number of hydrogen-bond donors (Lipinski definition) is 3. The van der Waals surface area contributed by atoms with E-state index in [4.69, 9.17) is 5.84 Å². The maximum absolute atomic E-state index is 5.48. The highest BCUT2D eigenvalue weighted by Gasteiger charge is 2.27. The van der Waals surface area contributed by atoms with Gasteiger partial charge in [-0.1, -0.05) is 17.7 Å². The van der Waals surface area contributed by atoms with Crippen LogP contribution in [0.3, 0.4) is 0 Å². The number of nitrogens with one attached hydrogen (secondary N) is 2. The van der Waals surface area contributed by atoms with Crippen molar-refractivity contribution in [3.05, 3.63) is 41.2 Å². The highest BCUT2D eigenvalue weighted by molar-refractivity contribution is 5.63. The summed E-state index contributed by atoms with van der Waals surface area (Å²) >= 11 is 0. The van der Waals surface area contributed by atoms with Crippen LogP contribution in [-0.4, -0.2) is 9.97 Å². The summed E-state index contributed by atoms with van der Waals surface area (Å²) in [7, 11) is 0. The molecule has 0 spiro atoms. The van der Waals surface area contributed by atoms with Crippen molar-refractivity contribution in [3.63, 3.8) is 0 Å². The van der Waals surface area contributed by atoms with Crippen molar-refractivity contribution in [3.8, 4) is 0 Å². The predicted molar refractivity (Wildman–Crippen MR) is 81.0 cm³/mol. The van der Waals surface area contributed by atoms with E-state index >= 15 is 0 Å². The second-order valence-corrected chi connectivity index (χ2v) is 5.36. The van der Waals surface area contributed by atoms with Gasteiger partial charge in [0.05, 0.1) is 0 Å². The Kier molecular flexibility index (Phi) is 3.28. The van der Waals surface area contributed by atoms with Crippen molar-refractivity contribution in [1.82, 2.24) is 9.97 Å². The molecule has 1 heterocycles. The first-order valence-corrected chi connectivity index (χ1v) is 6.85. The number of nitrogens with zero attached hydrogens (tertiary/aromatic N) is 2. The zero-order valence-corrected chi connectivity index (χ0v) is 11.8. The molecule has 0 amide bonds. The Balaban J connectivity index is 1.91. The SMILES string of the molecule is Cc1ccc(Nc2cc(NN)nc(C3CC3)n2)c(C)c1. The highest BCUT2D eigenvalue weighted by atomic mass is 15.3. The lowest BCUT2D eigenvalue weighted by Crippen LogP contribution is -2.11. The first-order valence-electron chi connectivity index (χ1n) is 6.85. The first kappa shape index (κ1) is 12.9. The number of hydrazine groups is 1. The van der Waals surface area contributed by atoms with Gasteiger partial charge in [0.2, 0.25) is 0 Å². The highest BCUT2D eigenvalue weighted by Crippen LogP contribution is 2.39. The van der Waals surface area contributed by atoms with Gasteiger partial charge in [0.1, 0.15) is 17.5 Å². The van der Waals surface area contributed by atoms with Gasteiger partial charge in [-0.2, -0.15) is 0 Å². The molecule has 0 saturated heterocycles. The third-order valence-electron chi connectivity index (χ3n) is 3.48. The molecule has 1 saturated carbocycles. The van der Waals surface area contributed by atoms with Gasteiger partial charge in [0, 0.05) is 17.7 Å². The number of anilines is 3. The molecule has 0 atom stereocenters. The van der Waals surface area contributed by atoms with Crippen LogP contribution in [0.5, 0.6) is 0 Å². The quantitative estimate of drug-likeness (QED) is 0.587. The molecule has 20 heavy (non-hydrogen) atoms. The van der Waals surface area contributed by atoms with E-state index in [-0.39, 0.29) is 0 Å². The van der Waals surface area contributed by atoms with Crippen LogP contribution in [-0.2, 0) is 0 Å². The minimum Gasteiger partial charge on any atom is -0.340 e. The van der Waals surface area contributed by atoms with Crippen LogP contribution < -0.4 is 16.6 Å². The number of nitrogens with two attached hydrogens (primary N) is 1. The van der Waals surface area contributed by atoms with Gasteiger partial charge >= 0.3 is 0 Å². The fourth-order valence-corrected chi connectivity index (χ4v) is 2.22. The molecule has 1 aromatic heterocycles. The fourth-order valence-electron chi connectivity index (χ4n) is 2.22. The average Bonchev–Trinajstić information content (AvgIpc) is 3.26. The summed E-state index contributed by atoms with van der Waals surface area (Å²) in [6.07, 6.45) is 2.33. The van der Waals surface area contributed by atoms with Gasteiger partial charge in [0.25, 0.3) is 0 Å². The minimum atomic E-state index is 0.489. The Bertz CT molecular complexity index is 634. The van der Waals surface area contributed by atoms with E-state index in [0.29, 0.717) is 11.7 Å². The Morgan fingerprint density at radius 3 is 2.50 bits per heavy atom. The van der Waals surface area contributed by atoms with Crippen LogP contribution in [0.4, 0.5) is 17.3 Å². The molecule has 0 aliphatic heterocycles. The normalized spacial score (nSPS) is 14.2.